The SMILES string of the molecule is CC(O)c1c(F)ccc(OCCCCCC(C(N)=O)C2CNCCO2)c1[N+](=O)[O-]. The van der Waals surface area contributed by atoms with Crippen molar-refractivity contribution >= 4 is 11.6 Å². The summed E-state index contributed by atoms with van der Waals surface area (Å²) in [6.45, 7) is 3.35. The third kappa shape index (κ3) is 6.34. The summed E-state index contributed by atoms with van der Waals surface area (Å²) in [5.41, 5.74) is 4.54. The molecule has 29 heavy (non-hydrogen) atoms. The molecule has 1 fully saturated rings. The second-order valence-electron chi connectivity index (χ2n) is 7.06. The molecule has 2 rings (SSSR count). The van der Waals surface area contributed by atoms with Crippen LogP contribution in [0, 0.1) is 21.8 Å². The fourth-order valence-electron chi connectivity index (χ4n) is 3.45. The van der Waals surface area contributed by atoms with Crippen LogP contribution in [0.15, 0.2) is 12.1 Å². The van der Waals surface area contributed by atoms with Gasteiger partial charge in [0.15, 0.2) is 5.75 Å². The predicted octanol–water partition coefficient (Wildman–Crippen LogP) is 1.82. The highest BCUT2D eigenvalue weighted by Gasteiger charge is 2.29. The maximum absolute atomic E-state index is 13.9. The zero-order chi connectivity index (χ0) is 21.4. The normalized spacial score (nSPS) is 18.8. The number of aliphatic hydroxyl groups is 1. The van der Waals surface area contributed by atoms with Gasteiger partial charge in [-0.25, -0.2) is 4.39 Å². The molecule has 0 bridgehead atoms. The van der Waals surface area contributed by atoms with Crippen LogP contribution in [0.4, 0.5) is 10.1 Å². The molecule has 1 amide bonds. The van der Waals surface area contributed by atoms with Crippen molar-refractivity contribution in [2.24, 2.45) is 11.7 Å². The van der Waals surface area contributed by atoms with Crippen LogP contribution in [-0.2, 0) is 9.53 Å². The first kappa shape index (κ1) is 23.0. The molecule has 0 aliphatic carbocycles. The molecule has 0 radical (unpaired) electrons. The summed E-state index contributed by atoms with van der Waals surface area (Å²) in [4.78, 5) is 22.3. The number of benzene rings is 1. The van der Waals surface area contributed by atoms with Crippen LogP contribution in [0.1, 0.15) is 44.3 Å². The highest BCUT2D eigenvalue weighted by atomic mass is 19.1. The van der Waals surface area contributed by atoms with E-state index in [1.165, 1.54) is 13.0 Å². The van der Waals surface area contributed by atoms with Crippen LogP contribution in [0.3, 0.4) is 0 Å². The number of nitro benzene ring substituents is 1. The van der Waals surface area contributed by atoms with Crippen molar-refractivity contribution < 1.29 is 28.7 Å². The number of carbonyl (C=O) groups excluding carboxylic acids is 1. The Bertz CT molecular complexity index is 709. The summed E-state index contributed by atoms with van der Waals surface area (Å²) >= 11 is 0. The van der Waals surface area contributed by atoms with E-state index in [1.54, 1.807) is 0 Å². The average Bonchev–Trinajstić information content (AvgIpc) is 2.67. The van der Waals surface area contributed by atoms with Gasteiger partial charge in [0.2, 0.25) is 5.91 Å². The van der Waals surface area contributed by atoms with E-state index in [9.17, 15) is 24.4 Å². The van der Waals surface area contributed by atoms with Gasteiger partial charge in [0.1, 0.15) is 5.82 Å². The second-order valence-corrected chi connectivity index (χ2v) is 7.06. The van der Waals surface area contributed by atoms with E-state index in [2.05, 4.69) is 5.32 Å². The largest absolute Gasteiger partial charge is 0.487 e. The molecule has 1 heterocycles. The quantitative estimate of drug-likeness (QED) is 0.286. The number of nitro groups is 1. The lowest BCUT2D eigenvalue weighted by Gasteiger charge is -2.29. The van der Waals surface area contributed by atoms with Gasteiger partial charge in [-0.2, -0.15) is 0 Å². The third-order valence-electron chi connectivity index (χ3n) is 4.91. The number of primary amides is 1. The first-order chi connectivity index (χ1) is 13.8. The zero-order valence-corrected chi connectivity index (χ0v) is 16.4. The number of nitrogens with zero attached hydrogens (tertiary/aromatic N) is 1. The van der Waals surface area contributed by atoms with Crippen molar-refractivity contribution in [1.29, 1.82) is 0 Å². The summed E-state index contributed by atoms with van der Waals surface area (Å²) in [7, 11) is 0. The molecule has 1 saturated heterocycles. The summed E-state index contributed by atoms with van der Waals surface area (Å²) in [6.07, 6.45) is 1.07. The standard InChI is InChI=1S/C19H28FN3O6/c1-12(24)17-14(20)6-7-15(18(17)23(26)27)28-9-4-2-3-5-13(19(21)25)16-11-22-8-10-29-16/h6-7,12-13,16,22,24H,2-5,8-11H2,1H3,(H2,21,25). The molecule has 0 saturated carbocycles. The lowest BCUT2D eigenvalue weighted by molar-refractivity contribution is -0.387. The van der Waals surface area contributed by atoms with E-state index >= 15 is 0 Å². The Morgan fingerprint density at radius 1 is 1.48 bits per heavy atom. The Balaban J connectivity index is 1.84. The number of unbranched alkanes of at least 4 members (excludes halogenated alkanes) is 2. The highest BCUT2D eigenvalue weighted by Crippen LogP contribution is 2.36. The van der Waals surface area contributed by atoms with Crippen LogP contribution in [0.25, 0.3) is 0 Å². The lowest BCUT2D eigenvalue weighted by atomic mass is 9.94. The van der Waals surface area contributed by atoms with Crippen molar-refractivity contribution in [1.82, 2.24) is 5.32 Å². The minimum Gasteiger partial charge on any atom is -0.487 e. The molecule has 162 valence electrons. The number of nitrogens with one attached hydrogen (secondary N) is 1. The zero-order valence-electron chi connectivity index (χ0n) is 16.4. The van der Waals surface area contributed by atoms with Crippen molar-refractivity contribution in [2.75, 3.05) is 26.3 Å². The summed E-state index contributed by atoms with van der Waals surface area (Å²) in [6, 6.07) is 2.23. The summed E-state index contributed by atoms with van der Waals surface area (Å²) < 4.78 is 24.9. The fourth-order valence-corrected chi connectivity index (χ4v) is 3.45. The Labute approximate surface area is 168 Å². The fraction of sp³-hybridized carbons (Fsp3) is 0.632. The monoisotopic (exact) mass is 413 g/mol. The molecule has 1 aliphatic heterocycles. The second kappa shape index (κ2) is 11.0. The predicted molar refractivity (Wildman–Crippen MR) is 103 cm³/mol. The van der Waals surface area contributed by atoms with E-state index in [0.717, 1.165) is 25.5 Å². The van der Waals surface area contributed by atoms with Crippen LogP contribution in [0.2, 0.25) is 0 Å². The Hall–Kier alpha value is -2.30. The Morgan fingerprint density at radius 2 is 2.24 bits per heavy atom. The van der Waals surface area contributed by atoms with Crippen LogP contribution in [0.5, 0.6) is 5.75 Å². The number of amides is 1. The Kier molecular flexibility index (Phi) is 8.74. The van der Waals surface area contributed by atoms with Gasteiger partial charge in [-0.3, -0.25) is 14.9 Å². The molecule has 3 atom stereocenters. The molecule has 1 aromatic rings. The van der Waals surface area contributed by atoms with Crippen LogP contribution >= 0.6 is 0 Å². The topological polar surface area (TPSA) is 137 Å². The van der Waals surface area contributed by atoms with Gasteiger partial charge in [0.25, 0.3) is 0 Å². The van der Waals surface area contributed by atoms with Gasteiger partial charge in [-0.1, -0.05) is 12.8 Å². The number of halogens is 1. The van der Waals surface area contributed by atoms with E-state index in [-0.39, 0.29) is 30.3 Å². The van der Waals surface area contributed by atoms with E-state index < -0.39 is 28.1 Å². The van der Waals surface area contributed by atoms with Crippen LogP contribution in [-0.4, -0.2) is 48.3 Å². The van der Waals surface area contributed by atoms with Gasteiger partial charge in [0.05, 0.1) is 41.8 Å². The van der Waals surface area contributed by atoms with Crippen molar-refractivity contribution in [3.05, 3.63) is 33.6 Å². The van der Waals surface area contributed by atoms with Gasteiger partial charge >= 0.3 is 5.69 Å². The van der Waals surface area contributed by atoms with E-state index in [0.29, 0.717) is 26.0 Å². The van der Waals surface area contributed by atoms with Gasteiger partial charge in [-0.15, -0.1) is 0 Å². The molecular formula is C19H28FN3O6. The number of hydrogen-bond donors (Lipinski definition) is 3. The lowest BCUT2D eigenvalue weighted by Crippen LogP contribution is -2.46. The number of aliphatic hydroxyl groups excluding tert-OH is 1. The van der Waals surface area contributed by atoms with Gasteiger partial charge in [0, 0.05) is 13.1 Å². The third-order valence-corrected chi connectivity index (χ3v) is 4.91. The highest BCUT2D eigenvalue weighted by molar-refractivity contribution is 5.77. The maximum atomic E-state index is 13.9. The number of nitrogens with two attached hydrogens (primary N) is 1. The molecule has 1 aliphatic rings. The molecular weight excluding hydrogens is 385 g/mol. The number of morpholine rings is 1. The molecule has 0 aromatic heterocycles. The molecule has 1 aromatic carbocycles. The first-order valence-corrected chi connectivity index (χ1v) is 9.72. The molecule has 3 unspecified atom stereocenters. The molecule has 0 spiro atoms. The van der Waals surface area contributed by atoms with Gasteiger partial charge < -0.3 is 25.6 Å². The number of rotatable bonds is 11. The number of ether oxygens (including phenoxy) is 2. The molecule has 9 nitrogen and oxygen atoms in total. The summed E-state index contributed by atoms with van der Waals surface area (Å²) in [5, 5.41) is 24.1. The maximum Gasteiger partial charge on any atom is 0.319 e. The van der Waals surface area contributed by atoms with Crippen molar-refractivity contribution in [3.63, 3.8) is 0 Å². The van der Waals surface area contributed by atoms with Crippen LogP contribution < -0.4 is 15.8 Å². The number of hydrogen-bond acceptors (Lipinski definition) is 7. The van der Waals surface area contributed by atoms with E-state index in [4.69, 9.17) is 15.2 Å². The minimum atomic E-state index is -1.33. The smallest absolute Gasteiger partial charge is 0.319 e. The van der Waals surface area contributed by atoms with E-state index in [1.807, 2.05) is 0 Å². The van der Waals surface area contributed by atoms with Crippen molar-refractivity contribution in [2.45, 2.75) is 44.8 Å². The Morgan fingerprint density at radius 3 is 2.83 bits per heavy atom. The minimum absolute atomic E-state index is 0.0796. The average molecular weight is 413 g/mol. The molecule has 4 N–H and O–H groups in total. The van der Waals surface area contributed by atoms with Gasteiger partial charge in [-0.05, 0) is 31.9 Å². The number of carbonyl (C=O) groups is 1. The summed E-state index contributed by atoms with van der Waals surface area (Å²) in [5.74, 6) is -1.68. The first-order valence-electron chi connectivity index (χ1n) is 9.72. The van der Waals surface area contributed by atoms with Crippen molar-refractivity contribution in [3.8, 4) is 5.75 Å². The molecule has 10 heteroatoms.